The molecule has 1 fully saturated rings. The lowest BCUT2D eigenvalue weighted by Crippen LogP contribution is -2.41. The number of hydrogen-bond donors (Lipinski definition) is 0. The van der Waals surface area contributed by atoms with Gasteiger partial charge in [-0.05, 0) is 43.9 Å². The van der Waals surface area contributed by atoms with Crippen LogP contribution in [0.5, 0.6) is 11.5 Å². The van der Waals surface area contributed by atoms with Crippen molar-refractivity contribution in [3.8, 4) is 11.5 Å². The maximum atomic E-state index is 12.4. The predicted molar refractivity (Wildman–Crippen MR) is 89.2 cm³/mol. The van der Waals surface area contributed by atoms with E-state index in [0.29, 0.717) is 43.9 Å². The molecule has 1 heterocycles. The molecule has 0 aliphatic carbocycles. The van der Waals surface area contributed by atoms with Crippen LogP contribution in [0.2, 0.25) is 0 Å². The second-order valence-corrected chi connectivity index (χ2v) is 5.69. The van der Waals surface area contributed by atoms with Gasteiger partial charge in [-0.15, -0.1) is 0 Å². The second kappa shape index (κ2) is 8.57. The van der Waals surface area contributed by atoms with E-state index in [-0.39, 0.29) is 11.9 Å². The normalized spacial score (nSPS) is 16.8. The van der Waals surface area contributed by atoms with E-state index in [1.54, 1.807) is 12.0 Å². The van der Waals surface area contributed by atoms with Crippen molar-refractivity contribution in [2.75, 3.05) is 27.4 Å². The van der Waals surface area contributed by atoms with Crippen LogP contribution in [0, 0.1) is 0 Å². The zero-order valence-corrected chi connectivity index (χ0v) is 14.5. The van der Waals surface area contributed by atoms with Crippen molar-refractivity contribution in [2.24, 2.45) is 0 Å². The first-order valence-corrected chi connectivity index (χ1v) is 8.27. The Balaban J connectivity index is 1.97. The summed E-state index contributed by atoms with van der Waals surface area (Å²) < 4.78 is 15.6. The summed E-state index contributed by atoms with van der Waals surface area (Å²) in [5.74, 6) is 1.01. The number of carbonyl (C=O) groups is 2. The Morgan fingerprint density at radius 2 is 2.04 bits per heavy atom. The molecule has 6 nitrogen and oxygen atoms in total. The fourth-order valence-electron chi connectivity index (χ4n) is 2.98. The summed E-state index contributed by atoms with van der Waals surface area (Å²) in [5.41, 5.74) is 0.998. The van der Waals surface area contributed by atoms with E-state index >= 15 is 0 Å². The van der Waals surface area contributed by atoms with Gasteiger partial charge in [0, 0.05) is 13.0 Å². The SMILES string of the molecule is CCOc1ccc(CCC(=O)N2CCCC2C(=O)OC)cc1OC. The Morgan fingerprint density at radius 3 is 2.71 bits per heavy atom. The molecule has 1 aliphatic heterocycles. The Labute approximate surface area is 142 Å². The molecular weight excluding hydrogens is 310 g/mol. The molecule has 0 radical (unpaired) electrons. The Morgan fingerprint density at radius 1 is 1.25 bits per heavy atom. The van der Waals surface area contributed by atoms with Crippen LogP contribution in [-0.2, 0) is 20.7 Å². The lowest BCUT2D eigenvalue weighted by molar-refractivity contribution is -0.150. The van der Waals surface area contributed by atoms with Crippen LogP contribution in [0.15, 0.2) is 18.2 Å². The van der Waals surface area contributed by atoms with Gasteiger partial charge in [-0.2, -0.15) is 0 Å². The molecule has 0 aromatic heterocycles. The van der Waals surface area contributed by atoms with Gasteiger partial charge in [0.25, 0.3) is 0 Å². The standard InChI is InChI=1S/C18H25NO5/c1-4-24-15-9-7-13(12-16(15)22-2)8-10-17(20)19-11-5-6-14(19)18(21)23-3/h7,9,12,14H,4-6,8,10-11H2,1-3H3. The Bertz CT molecular complexity index is 587. The largest absolute Gasteiger partial charge is 0.493 e. The zero-order valence-electron chi connectivity index (χ0n) is 14.5. The Hall–Kier alpha value is -2.24. The fraction of sp³-hybridized carbons (Fsp3) is 0.556. The minimum absolute atomic E-state index is 0.0178. The third kappa shape index (κ3) is 4.19. The summed E-state index contributed by atoms with van der Waals surface area (Å²) >= 11 is 0. The van der Waals surface area contributed by atoms with E-state index < -0.39 is 6.04 Å². The molecule has 1 aromatic rings. The van der Waals surface area contributed by atoms with Crippen LogP contribution in [0.1, 0.15) is 31.7 Å². The summed E-state index contributed by atoms with van der Waals surface area (Å²) in [6, 6.07) is 5.25. The third-order valence-electron chi connectivity index (χ3n) is 4.20. The van der Waals surface area contributed by atoms with E-state index in [0.717, 1.165) is 12.0 Å². The first kappa shape index (κ1) is 18.1. The van der Waals surface area contributed by atoms with Crippen molar-refractivity contribution in [1.82, 2.24) is 4.90 Å². The number of likely N-dealkylation sites (tertiary alicyclic amines) is 1. The van der Waals surface area contributed by atoms with E-state index in [2.05, 4.69) is 0 Å². The van der Waals surface area contributed by atoms with Crippen LogP contribution in [0.25, 0.3) is 0 Å². The van der Waals surface area contributed by atoms with Crippen molar-refractivity contribution in [3.63, 3.8) is 0 Å². The lowest BCUT2D eigenvalue weighted by Gasteiger charge is -2.22. The summed E-state index contributed by atoms with van der Waals surface area (Å²) in [6.45, 7) is 3.10. The molecule has 1 saturated heterocycles. The van der Waals surface area contributed by atoms with Gasteiger partial charge >= 0.3 is 5.97 Å². The summed E-state index contributed by atoms with van der Waals surface area (Å²) in [5, 5.41) is 0. The molecule has 132 valence electrons. The second-order valence-electron chi connectivity index (χ2n) is 5.69. The molecule has 2 rings (SSSR count). The minimum Gasteiger partial charge on any atom is -0.493 e. The number of hydrogen-bond acceptors (Lipinski definition) is 5. The highest BCUT2D eigenvalue weighted by Crippen LogP contribution is 2.28. The number of amides is 1. The molecule has 1 aliphatic rings. The molecule has 0 spiro atoms. The first-order chi connectivity index (χ1) is 11.6. The van der Waals surface area contributed by atoms with Gasteiger partial charge < -0.3 is 19.1 Å². The number of carbonyl (C=O) groups excluding carboxylic acids is 2. The van der Waals surface area contributed by atoms with Crippen LogP contribution < -0.4 is 9.47 Å². The molecule has 0 bridgehead atoms. The number of nitrogens with zero attached hydrogens (tertiary/aromatic N) is 1. The van der Waals surface area contributed by atoms with Gasteiger partial charge in [0.05, 0.1) is 20.8 Å². The average molecular weight is 335 g/mol. The van der Waals surface area contributed by atoms with Crippen LogP contribution in [-0.4, -0.2) is 50.2 Å². The molecule has 1 atom stereocenters. The third-order valence-corrected chi connectivity index (χ3v) is 4.20. The van der Waals surface area contributed by atoms with Crippen molar-refractivity contribution in [3.05, 3.63) is 23.8 Å². The van der Waals surface area contributed by atoms with E-state index in [1.807, 2.05) is 25.1 Å². The number of benzene rings is 1. The van der Waals surface area contributed by atoms with Gasteiger partial charge in [-0.1, -0.05) is 6.07 Å². The smallest absolute Gasteiger partial charge is 0.328 e. The van der Waals surface area contributed by atoms with Crippen LogP contribution >= 0.6 is 0 Å². The molecule has 1 unspecified atom stereocenters. The van der Waals surface area contributed by atoms with Gasteiger partial charge in [-0.25, -0.2) is 4.79 Å². The highest BCUT2D eigenvalue weighted by molar-refractivity contribution is 5.85. The molecule has 1 aromatic carbocycles. The highest BCUT2D eigenvalue weighted by atomic mass is 16.5. The van der Waals surface area contributed by atoms with Crippen LogP contribution in [0.3, 0.4) is 0 Å². The monoisotopic (exact) mass is 335 g/mol. The van der Waals surface area contributed by atoms with Gasteiger partial charge in [0.2, 0.25) is 5.91 Å². The quantitative estimate of drug-likeness (QED) is 0.715. The Kier molecular flexibility index (Phi) is 6.46. The van der Waals surface area contributed by atoms with Gasteiger partial charge in [-0.3, -0.25) is 4.79 Å². The van der Waals surface area contributed by atoms with Crippen molar-refractivity contribution >= 4 is 11.9 Å². The maximum Gasteiger partial charge on any atom is 0.328 e. The average Bonchev–Trinajstić information content (AvgIpc) is 3.09. The van der Waals surface area contributed by atoms with E-state index in [4.69, 9.17) is 14.2 Å². The number of rotatable bonds is 7. The molecular formula is C18H25NO5. The topological polar surface area (TPSA) is 65.1 Å². The van der Waals surface area contributed by atoms with Gasteiger partial charge in [0.15, 0.2) is 11.5 Å². The molecule has 0 saturated carbocycles. The van der Waals surface area contributed by atoms with Crippen LogP contribution in [0.4, 0.5) is 0 Å². The minimum atomic E-state index is -0.433. The van der Waals surface area contributed by atoms with E-state index in [9.17, 15) is 9.59 Å². The van der Waals surface area contributed by atoms with Crippen molar-refractivity contribution < 1.29 is 23.8 Å². The number of esters is 1. The first-order valence-electron chi connectivity index (χ1n) is 8.27. The maximum absolute atomic E-state index is 12.4. The fourth-order valence-corrected chi connectivity index (χ4v) is 2.98. The molecule has 24 heavy (non-hydrogen) atoms. The summed E-state index contributed by atoms with van der Waals surface area (Å²) in [7, 11) is 2.95. The zero-order chi connectivity index (χ0) is 17.5. The summed E-state index contributed by atoms with van der Waals surface area (Å²) in [4.78, 5) is 25.8. The predicted octanol–water partition coefficient (Wildman–Crippen LogP) is 2.19. The lowest BCUT2D eigenvalue weighted by atomic mass is 10.1. The van der Waals surface area contributed by atoms with Gasteiger partial charge in [0.1, 0.15) is 6.04 Å². The molecule has 0 N–H and O–H groups in total. The highest BCUT2D eigenvalue weighted by Gasteiger charge is 2.34. The summed E-state index contributed by atoms with van der Waals surface area (Å²) in [6.07, 6.45) is 2.45. The van der Waals surface area contributed by atoms with Crippen molar-refractivity contribution in [1.29, 1.82) is 0 Å². The van der Waals surface area contributed by atoms with E-state index in [1.165, 1.54) is 7.11 Å². The molecule has 1 amide bonds. The number of methoxy groups -OCH3 is 2. The molecule has 6 heteroatoms. The van der Waals surface area contributed by atoms with Crippen molar-refractivity contribution in [2.45, 2.75) is 38.6 Å². The number of aryl methyl sites for hydroxylation is 1. The number of ether oxygens (including phenoxy) is 3.